The largest absolute Gasteiger partial charge is 0.394 e. The van der Waals surface area contributed by atoms with Crippen LogP contribution >= 0.6 is 0 Å². The van der Waals surface area contributed by atoms with Crippen LogP contribution in [0.25, 0.3) is 0 Å². The third kappa shape index (κ3) is 8.55. The van der Waals surface area contributed by atoms with Crippen LogP contribution in [0.3, 0.4) is 0 Å². The summed E-state index contributed by atoms with van der Waals surface area (Å²) in [6.45, 7) is 8.24. The van der Waals surface area contributed by atoms with E-state index in [0.29, 0.717) is 0 Å². The molecule has 0 aliphatic rings. The monoisotopic (exact) mass is 246 g/mol. The summed E-state index contributed by atoms with van der Waals surface area (Å²) in [6, 6.07) is 0. The standard InChI is InChI=1S/C13H30N2O2/c1-5-14-13(2,12-16)8-6-9-15(3)10-7-11-17-4/h14,16H,5-12H2,1-4H3. The number of ether oxygens (including phenoxy) is 1. The average Bonchev–Trinajstić information content (AvgIpc) is 2.30. The number of aliphatic hydroxyl groups excluding tert-OH is 1. The van der Waals surface area contributed by atoms with E-state index in [1.807, 2.05) is 0 Å². The van der Waals surface area contributed by atoms with Crippen LogP contribution in [0.15, 0.2) is 0 Å². The second-order valence-corrected chi connectivity index (χ2v) is 5.00. The van der Waals surface area contributed by atoms with Gasteiger partial charge in [0.1, 0.15) is 0 Å². The van der Waals surface area contributed by atoms with Crippen molar-refractivity contribution in [2.75, 3.05) is 47.0 Å². The predicted octanol–water partition coefficient (Wildman–Crippen LogP) is 1.10. The van der Waals surface area contributed by atoms with Gasteiger partial charge in [-0.1, -0.05) is 6.92 Å². The highest BCUT2D eigenvalue weighted by Gasteiger charge is 2.20. The maximum Gasteiger partial charge on any atom is 0.0610 e. The summed E-state index contributed by atoms with van der Waals surface area (Å²) >= 11 is 0. The highest BCUT2D eigenvalue weighted by atomic mass is 16.5. The van der Waals surface area contributed by atoms with Gasteiger partial charge in [-0.3, -0.25) is 0 Å². The third-order valence-corrected chi connectivity index (χ3v) is 3.11. The van der Waals surface area contributed by atoms with Crippen molar-refractivity contribution in [2.24, 2.45) is 0 Å². The van der Waals surface area contributed by atoms with Gasteiger partial charge in [0.25, 0.3) is 0 Å². The molecule has 0 aliphatic heterocycles. The maximum absolute atomic E-state index is 9.36. The Morgan fingerprint density at radius 1 is 1.29 bits per heavy atom. The number of nitrogens with one attached hydrogen (secondary N) is 1. The molecule has 0 aromatic rings. The second-order valence-electron chi connectivity index (χ2n) is 5.00. The van der Waals surface area contributed by atoms with E-state index in [0.717, 1.165) is 45.5 Å². The zero-order valence-electron chi connectivity index (χ0n) is 12.0. The first kappa shape index (κ1) is 16.8. The first-order valence-electron chi connectivity index (χ1n) is 6.61. The smallest absolute Gasteiger partial charge is 0.0610 e. The van der Waals surface area contributed by atoms with Gasteiger partial charge in [0.05, 0.1) is 6.61 Å². The van der Waals surface area contributed by atoms with Gasteiger partial charge in [0, 0.05) is 25.8 Å². The van der Waals surface area contributed by atoms with Crippen LogP contribution in [0.4, 0.5) is 0 Å². The molecule has 0 rings (SSSR count). The van der Waals surface area contributed by atoms with Crippen molar-refractivity contribution in [1.29, 1.82) is 0 Å². The number of methoxy groups -OCH3 is 1. The molecule has 1 unspecified atom stereocenters. The molecular weight excluding hydrogens is 216 g/mol. The minimum absolute atomic E-state index is 0.123. The van der Waals surface area contributed by atoms with Gasteiger partial charge in [-0.2, -0.15) is 0 Å². The van der Waals surface area contributed by atoms with E-state index in [4.69, 9.17) is 4.74 Å². The fourth-order valence-electron chi connectivity index (χ4n) is 1.98. The quantitative estimate of drug-likeness (QED) is 0.536. The first-order valence-corrected chi connectivity index (χ1v) is 6.61. The van der Waals surface area contributed by atoms with E-state index in [2.05, 4.69) is 31.1 Å². The normalized spacial score (nSPS) is 15.2. The van der Waals surface area contributed by atoms with Crippen molar-refractivity contribution < 1.29 is 9.84 Å². The number of aliphatic hydroxyl groups is 1. The van der Waals surface area contributed by atoms with Gasteiger partial charge < -0.3 is 20.1 Å². The zero-order chi connectivity index (χ0) is 13.1. The van der Waals surface area contributed by atoms with Crippen molar-refractivity contribution in [3.05, 3.63) is 0 Å². The molecule has 2 N–H and O–H groups in total. The third-order valence-electron chi connectivity index (χ3n) is 3.11. The van der Waals surface area contributed by atoms with Crippen LogP contribution in [0.5, 0.6) is 0 Å². The highest BCUT2D eigenvalue weighted by Crippen LogP contribution is 2.11. The fraction of sp³-hybridized carbons (Fsp3) is 1.00. The summed E-state index contributed by atoms with van der Waals surface area (Å²) in [6.07, 6.45) is 3.19. The Kier molecular flexibility index (Phi) is 9.74. The molecule has 0 amide bonds. The van der Waals surface area contributed by atoms with Crippen LogP contribution in [0.2, 0.25) is 0 Å². The summed E-state index contributed by atoms with van der Waals surface area (Å²) in [5.41, 5.74) is -0.123. The van der Waals surface area contributed by atoms with Crippen molar-refractivity contribution in [2.45, 2.75) is 38.6 Å². The Labute approximate surface area is 106 Å². The Morgan fingerprint density at radius 2 is 1.94 bits per heavy atom. The van der Waals surface area contributed by atoms with E-state index in [-0.39, 0.29) is 12.1 Å². The zero-order valence-corrected chi connectivity index (χ0v) is 12.0. The predicted molar refractivity (Wildman–Crippen MR) is 72.4 cm³/mol. The summed E-state index contributed by atoms with van der Waals surface area (Å²) in [5.74, 6) is 0. The molecule has 1 atom stereocenters. The molecule has 17 heavy (non-hydrogen) atoms. The molecule has 0 aliphatic carbocycles. The molecule has 0 saturated heterocycles. The highest BCUT2D eigenvalue weighted by molar-refractivity contribution is 4.81. The van der Waals surface area contributed by atoms with Crippen LogP contribution in [-0.2, 0) is 4.74 Å². The van der Waals surface area contributed by atoms with E-state index in [1.165, 1.54) is 0 Å². The Bertz CT molecular complexity index is 179. The van der Waals surface area contributed by atoms with E-state index in [1.54, 1.807) is 7.11 Å². The molecule has 0 spiro atoms. The minimum atomic E-state index is -0.123. The number of likely N-dealkylation sites (N-methyl/N-ethyl adjacent to an activating group) is 1. The molecule has 0 radical (unpaired) electrons. The van der Waals surface area contributed by atoms with Gasteiger partial charge in [0.2, 0.25) is 0 Å². The first-order chi connectivity index (χ1) is 8.08. The van der Waals surface area contributed by atoms with Crippen molar-refractivity contribution in [1.82, 2.24) is 10.2 Å². The molecule has 4 nitrogen and oxygen atoms in total. The number of hydrogen-bond acceptors (Lipinski definition) is 4. The Morgan fingerprint density at radius 3 is 2.47 bits per heavy atom. The molecule has 0 aromatic heterocycles. The van der Waals surface area contributed by atoms with Gasteiger partial charge in [0.15, 0.2) is 0 Å². The molecular formula is C13H30N2O2. The van der Waals surface area contributed by atoms with Crippen LogP contribution in [0, 0.1) is 0 Å². The molecule has 0 fully saturated rings. The topological polar surface area (TPSA) is 44.7 Å². The molecule has 4 heteroatoms. The molecule has 104 valence electrons. The van der Waals surface area contributed by atoms with Crippen molar-refractivity contribution >= 4 is 0 Å². The molecule has 0 heterocycles. The van der Waals surface area contributed by atoms with Crippen LogP contribution in [-0.4, -0.2) is 62.6 Å². The summed E-state index contributed by atoms with van der Waals surface area (Å²) in [4.78, 5) is 2.32. The number of hydrogen-bond donors (Lipinski definition) is 2. The van der Waals surface area contributed by atoms with Crippen LogP contribution < -0.4 is 5.32 Å². The van der Waals surface area contributed by atoms with Gasteiger partial charge in [-0.25, -0.2) is 0 Å². The average molecular weight is 246 g/mol. The van der Waals surface area contributed by atoms with E-state index < -0.39 is 0 Å². The van der Waals surface area contributed by atoms with Gasteiger partial charge in [-0.05, 0) is 46.3 Å². The lowest BCUT2D eigenvalue weighted by molar-refractivity contribution is 0.156. The SMILES string of the molecule is CCNC(C)(CO)CCCN(C)CCCOC. The molecule has 0 aromatic carbocycles. The van der Waals surface area contributed by atoms with Crippen molar-refractivity contribution in [3.8, 4) is 0 Å². The Hall–Kier alpha value is -0.160. The second kappa shape index (κ2) is 9.83. The molecule has 0 bridgehead atoms. The molecule has 0 saturated carbocycles. The van der Waals surface area contributed by atoms with E-state index in [9.17, 15) is 5.11 Å². The lowest BCUT2D eigenvalue weighted by atomic mass is 9.96. The van der Waals surface area contributed by atoms with Gasteiger partial charge >= 0.3 is 0 Å². The lowest BCUT2D eigenvalue weighted by Gasteiger charge is -2.29. The number of nitrogens with zero attached hydrogens (tertiary/aromatic N) is 1. The summed E-state index contributed by atoms with van der Waals surface area (Å²) in [7, 11) is 3.88. The van der Waals surface area contributed by atoms with Gasteiger partial charge in [-0.15, -0.1) is 0 Å². The van der Waals surface area contributed by atoms with Crippen molar-refractivity contribution in [3.63, 3.8) is 0 Å². The maximum atomic E-state index is 9.36. The minimum Gasteiger partial charge on any atom is -0.394 e. The lowest BCUT2D eigenvalue weighted by Crippen LogP contribution is -2.46. The Balaban J connectivity index is 3.65. The van der Waals surface area contributed by atoms with Crippen LogP contribution in [0.1, 0.15) is 33.1 Å². The van der Waals surface area contributed by atoms with E-state index >= 15 is 0 Å². The number of rotatable bonds is 11. The summed E-state index contributed by atoms with van der Waals surface area (Å²) in [5, 5.41) is 12.7. The fourth-order valence-corrected chi connectivity index (χ4v) is 1.98. The summed E-state index contributed by atoms with van der Waals surface area (Å²) < 4.78 is 5.03.